The zero-order valence-electron chi connectivity index (χ0n) is 15.0. The summed E-state index contributed by atoms with van der Waals surface area (Å²) in [5.41, 5.74) is 0.681. The van der Waals surface area contributed by atoms with Crippen LogP contribution in [0.2, 0.25) is 0 Å². The molecule has 0 saturated carbocycles. The number of carbonyl (C=O) groups is 1. The summed E-state index contributed by atoms with van der Waals surface area (Å²) in [6.45, 7) is 1.27. The van der Waals surface area contributed by atoms with Crippen molar-refractivity contribution < 1.29 is 18.3 Å². The number of carbonyl (C=O) groups excluding carboxylic acids is 1. The van der Waals surface area contributed by atoms with Gasteiger partial charge in [0, 0.05) is 13.2 Å². The van der Waals surface area contributed by atoms with E-state index in [1.54, 1.807) is 35.1 Å². The van der Waals surface area contributed by atoms with E-state index in [9.17, 15) is 9.18 Å². The lowest BCUT2D eigenvalue weighted by molar-refractivity contribution is -0.119. The molecule has 3 aromatic rings. The minimum Gasteiger partial charge on any atom is -0.461 e. The van der Waals surface area contributed by atoms with E-state index in [1.807, 2.05) is 0 Å². The van der Waals surface area contributed by atoms with Gasteiger partial charge in [0.25, 0.3) is 0 Å². The number of benzene rings is 1. The van der Waals surface area contributed by atoms with Crippen LogP contribution in [0.15, 0.2) is 52.2 Å². The highest BCUT2D eigenvalue weighted by atomic mass is 32.2. The number of nitrogens with zero attached hydrogens (tertiary/aromatic N) is 3. The molecule has 1 aromatic carbocycles. The smallest absolute Gasteiger partial charge is 0.230 e. The minimum absolute atomic E-state index is 0.0994. The lowest BCUT2D eigenvalue weighted by Gasteiger charge is -2.11. The standard InChI is InChI=1S/C19H19FN4O3S/c20-13-5-7-14(8-6-13)24-18(16-4-2-10-27-16)22-23-19(24)28-12-17(25)21-11-15-3-1-9-26-15/h2,4-8,10,15H,1,3,9,11-12H2,(H,21,25)/t15-/m1/s1. The summed E-state index contributed by atoms with van der Waals surface area (Å²) < 4.78 is 26.0. The molecule has 0 aliphatic carbocycles. The van der Waals surface area contributed by atoms with E-state index < -0.39 is 0 Å². The summed E-state index contributed by atoms with van der Waals surface area (Å²) in [5, 5.41) is 11.8. The number of nitrogens with one attached hydrogen (secondary N) is 1. The summed E-state index contributed by atoms with van der Waals surface area (Å²) in [4.78, 5) is 12.2. The third kappa shape index (κ3) is 4.26. The quantitative estimate of drug-likeness (QED) is 0.612. The lowest BCUT2D eigenvalue weighted by atomic mass is 10.2. The van der Waals surface area contributed by atoms with Crippen LogP contribution >= 0.6 is 11.8 Å². The maximum atomic E-state index is 13.3. The molecule has 0 bridgehead atoms. The molecule has 1 fully saturated rings. The van der Waals surface area contributed by atoms with Crippen molar-refractivity contribution in [2.75, 3.05) is 18.9 Å². The number of ether oxygens (including phenoxy) is 1. The van der Waals surface area contributed by atoms with Crippen LogP contribution in [0.1, 0.15) is 12.8 Å². The van der Waals surface area contributed by atoms with Gasteiger partial charge in [0.2, 0.25) is 11.7 Å². The van der Waals surface area contributed by atoms with Gasteiger partial charge in [0.1, 0.15) is 5.82 Å². The highest BCUT2D eigenvalue weighted by Gasteiger charge is 2.20. The van der Waals surface area contributed by atoms with Crippen molar-refractivity contribution in [1.29, 1.82) is 0 Å². The zero-order valence-corrected chi connectivity index (χ0v) is 15.8. The molecule has 146 valence electrons. The molecular weight excluding hydrogens is 383 g/mol. The largest absolute Gasteiger partial charge is 0.461 e. The maximum Gasteiger partial charge on any atom is 0.230 e. The molecule has 0 spiro atoms. The molecule has 1 aliphatic rings. The number of thioether (sulfide) groups is 1. The summed E-state index contributed by atoms with van der Waals surface area (Å²) in [6.07, 6.45) is 3.65. The van der Waals surface area contributed by atoms with Gasteiger partial charge in [-0.05, 0) is 49.2 Å². The number of aromatic nitrogens is 3. The molecule has 1 saturated heterocycles. The number of halogens is 1. The van der Waals surface area contributed by atoms with Crippen LogP contribution in [0, 0.1) is 5.82 Å². The first-order valence-electron chi connectivity index (χ1n) is 8.97. The Kier molecular flexibility index (Phi) is 5.73. The van der Waals surface area contributed by atoms with E-state index in [4.69, 9.17) is 9.15 Å². The Labute approximate surface area is 165 Å². The van der Waals surface area contributed by atoms with Crippen molar-refractivity contribution in [2.24, 2.45) is 0 Å². The normalized spacial score (nSPS) is 16.4. The van der Waals surface area contributed by atoms with Gasteiger partial charge in [-0.25, -0.2) is 4.39 Å². The Morgan fingerprint density at radius 1 is 1.29 bits per heavy atom. The molecule has 9 heteroatoms. The van der Waals surface area contributed by atoms with E-state index in [2.05, 4.69) is 15.5 Å². The van der Waals surface area contributed by atoms with Crippen LogP contribution in [0.25, 0.3) is 17.3 Å². The fraction of sp³-hybridized carbons (Fsp3) is 0.316. The Morgan fingerprint density at radius 2 is 2.14 bits per heavy atom. The molecule has 1 amide bonds. The Balaban J connectivity index is 1.50. The predicted octanol–water partition coefficient (Wildman–Crippen LogP) is 3.05. The average molecular weight is 402 g/mol. The summed E-state index contributed by atoms with van der Waals surface area (Å²) in [5.74, 6) is 0.766. The number of furan rings is 1. The van der Waals surface area contributed by atoms with Crippen molar-refractivity contribution >= 4 is 17.7 Å². The van der Waals surface area contributed by atoms with Crippen molar-refractivity contribution in [2.45, 2.75) is 24.1 Å². The minimum atomic E-state index is -0.334. The van der Waals surface area contributed by atoms with Gasteiger partial charge in [0.15, 0.2) is 10.9 Å². The van der Waals surface area contributed by atoms with Crippen LogP contribution in [-0.4, -0.2) is 45.7 Å². The van der Waals surface area contributed by atoms with Gasteiger partial charge in [-0.2, -0.15) is 0 Å². The number of amides is 1. The first-order valence-corrected chi connectivity index (χ1v) is 9.95. The molecule has 1 N–H and O–H groups in total. The molecule has 0 radical (unpaired) electrons. The van der Waals surface area contributed by atoms with Crippen LogP contribution in [-0.2, 0) is 9.53 Å². The molecule has 28 heavy (non-hydrogen) atoms. The van der Waals surface area contributed by atoms with Gasteiger partial charge in [-0.1, -0.05) is 11.8 Å². The number of rotatable bonds is 7. The first-order chi connectivity index (χ1) is 13.7. The van der Waals surface area contributed by atoms with E-state index in [-0.39, 0.29) is 23.6 Å². The molecule has 7 nitrogen and oxygen atoms in total. The topological polar surface area (TPSA) is 82.2 Å². The van der Waals surface area contributed by atoms with Crippen molar-refractivity contribution in [3.05, 3.63) is 48.5 Å². The summed E-state index contributed by atoms with van der Waals surface area (Å²) >= 11 is 1.26. The summed E-state index contributed by atoms with van der Waals surface area (Å²) in [6, 6.07) is 9.52. The Morgan fingerprint density at radius 3 is 2.86 bits per heavy atom. The highest BCUT2D eigenvalue weighted by Crippen LogP contribution is 2.28. The average Bonchev–Trinajstić information content (AvgIpc) is 3.46. The molecular formula is C19H19FN4O3S. The van der Waals surface area contributed by atoms with Crippen LogP contribution in [0.3, 0.4) is 0 Å². The van der Waals surface area contributed by atoms with E-state index in [1.165, 1.54) is 23.9 Å². The van der Waals surface area contributed by atoms with E-state index in [0.29, 0.717) is 29.0 Å². The second-order valence-corrected chi connectivity index (χ2v) is 7.27. The number of hydrogen-bond donors (Lipinski definition) is 1. The Bertz CT molecular complexity index is 921. The highest BCUT2D eigenvalue weighted by molar-refractivity contribution is 7.99. The second-order valence-electron chi connectivity index (χ2n) is 6.32. The monoisotopic (exact) mass is 402 g/mol. The SMILES string of the molecule is O=C(CSc1nnc(-c2ccco2)n1-c1ccc(F)cc1)NC[C@H]1CCCO1. The van der Waals surface area contributed by atoms with Gasteiger partial charge in [0.05, 0.1) is 23.8 Å². The molecule has 0 unspecified atom stereocenters. The van der Waals surface area contributed by atoms with Crippen molar-refractivity contribution in [1.82, 2.24) is 20.1 Å². The van der Waals surface area contributed by atoms with Crippen LogP contribution in [0.4, 0.5) is 4.39 Å². The number of hydrogen-bond acceptors (Lipinski definition) is 6. The van der Waals surface area contributed by atoms with Crippen LogP contribution < -0.4 is 5.32 Å². The maximum absolute atomic E-state index is 13.3. The van der Waals surface area contributed by atoms with Gasteiger partial charge in [-0.3, -0.25) is 9.36 Å². The van der Waals surface area contributed by atoms with Crippen molar-refractivity contribution in [3.63, 3.8) is 0 Å². The van der Waals surface area contributed by atoms with Gasteiger partial charge < -0.3 is 14.5 Å². The van der Waals surface area contributed by atoms with Gasteiger partial charge in [-0.15, -0.1) is 10.2 Å². The predicted molar refractivity (Wildman–Crippen MR) is 102 cm³/mol. The van der Waals surface area contributed by atoms with E-state index >= 15 is 0 Å². The Hall–Kier alpha value is -2.65. The molecule has 4 rings (SSSR count). The summed E-state index contributed by atoms with van der Waals surface area (Å²) in [7, 11) is 0. The molecule has 3 heterocycles. The lowest BCUT2D eigenvalue weighted by Crippen LogP contribution is -2.32. The fourth-order valence-corrected chi connectivity index (χ4v) is 3.75. The molecule has 1 aliphatic heterocycles. The van der Waals surface area contributed by atoms with Gasteiger partial charge >= 0.3 is 0 Å². The van der Waals surface area contributed by atoms with Crippen molar-refractivity contribution in [3.8, 4) is 17.3 Å². The zero-order chi connectivity index (χ0) is 19.3. The fourth-order valence-electron chi connectivity index (χ4n) is 2.97. The second kappa shape index (κ2) is 8.57. The van der Waals surface area contributed by atoms with Crippen LogP contribution in [0.5, 0.6) is 0 Å². The van der Waals surface area contributed by atoms with E-state index in [0.717, 1.165) is 19.4 Å². The first kappa shape index (κ1) is 18.7. The molecule has 2 aromatic heterocycles. The third-order valence-corrected chi connectivity index (χ3v) is 5.27. The molecule has 1 atom stereocenters. The third-order valence-electron chi connectivity index (χ3n) is 4.34.